The Hall–Kier alpha value is -1.80. The van der Waals surface area contributed by atoms with Gasteiger partial charge in [0.15, 0.2) is 5.78 Å². The first kappa shape index (κ1) is 11.7. The summed E-state index contributed by atoms with van der Waals surface area (Å²) in [6.45, 7) is 1.85. The van der Waals surface area contributed by atoms with Crippen molar-refractivity contribution in [1.82, 2.24) is 0 Å². The van der Waals surface area contributed by atoms with Crippen LogP contribution in [0.25, 0.3) is 0 Å². The number of ketones is 1. The Kier molecular flexibility index (Phi) is 3.16. The first-order valence-corrected chi connectivity index (χ1v) is 5.55. The van der Waals surface area contributed by atoms with Crippen molar-refractivity contribution in [3.8, 4) is 5.75 Å². The SMILES string of the molecule is Cc1cc(Cl)ccc1C(=O)c1ccc(O)cc1. The number of aryl methyl sites for hydroxylation is 1. The van der Waals surface area contributed by atoms with Gasteiger partial charge < -0.3 is 5.11 Å². The molecule has 0 spiro atoms. The molecular weight excluding hydrogens is 236 g/mol. The van der Waals surface area contributed by atoms with Gasteiger partial charge in [-0.1, -0.05) is 11.6 Å². The molecular formula is C14H11ClO2. The Morgan fingerprint density at radius 2 is 1.76 bits per heavy atom. The summed E-state index contributed by atoms with van der Waals surface area (Å²) in [5.41, 5.74) is 2.02. The topological polar surface area (TPSA) is 37.3 Å². The lowest BCUT2D eigenvalue weighted by atomic mass is 9.99. The Balaban J connectivity index is 2.40. The highest BCUT2D eigenvalue weighted by molar-refractivity contribution is 6.30. The molecule has 0 amide bonds. The third-order valence-corrected chi connectivity index (χ3v) is 2.80. The van der Waals surface area contributed by atoms with E-state index in [4.69, 9.17) is 11.6 Å². The monoisotopic (exact) mass is 246 g/mol. The molecule has 2 aromatic carbocycles. The number of carbonyl (C=O) groups is 1. The maximum absolute atomic E-state index is 12.2. The van der Waals surface area contributed by atoms with Crippen LogP contribution in [0.3, 0.4) is 0 Å². The third kappa shape index (κ3) is 2.48. The predicted molar refractivity (Wildman–Crippen MR) is 67.7 cm³/mol. The molecule has 17 heavy (non-hydrogen) atoms. The van der Waals surface area contributed by atoms with Crippen LogP contribution in [0.2, 0.25) is 5.02 Å². The molecule has 0 saturated heterocycles. The minimum atomic E-state index is -0.0702. The number of aromatic hydroxyl groups is 1. The van der Waals surface area contributed by atoms with Gasteiger partial charge in [-0.3, -0.25) is 4.79 Å². The van der Waals surface area contributed by atoms with Crippen molar-refractivity contribution in [2.45, 2.75) is 6.92 Å². The molecule has 3 heteroatoms. The minimum absolute atomic E-state index is 0.0702. The Morgan fingerprint density at radius 1 is 1.12 bits per heavy atom. The van der Waals surface area contributed by atoms with Crippen LogP contribution < -0.4 is 0 Å². The van der Waals surface area contributed by atoms with Crippen molar-refractivity contribution in [1.29, 1.82) is 0 Å². The van der Waals surface area contributed by atoms with Crippen molar-refractivity contribution in [3.05, 3.63) is 64.2 Å². The standard InChI is InChI=1S/C14H11ClO2/c1-9-8-11(15)4-7-13(9)14(17)10-2-5-12(16)6-3-10/h2-8,16H,1H3. The van der Waals surface area contributed by atoms with Gasteiger partial charge in [-0.25, -0.2) is 0 Å². The summed E-state index contributed by atoms with van der Waals surface area (Å²) in [5, 5.41) is 9.79. The Labute approximate surface area is 104 Å². The molecule has 86 valence electrons. The quantitative estimate of drug-likeness (QED) is 0.823. The molecule has 0 aliphatic heterocycles. The Morgan fingerprint density at radius 3 is 2.35 bits per heavy atom. The first-order valence-electron chi connectivity index (χ1n) is 5.18. The molecule has 0 bridgehead atoms. The van der Waals surface area contributed by atoms with Crippen molar-refractivity contribution in [3.63, 3.8) is 0 Å². The van der Waals surface area contributed by atoms with Gasteiger partial charge in [0.25, 0.3) is 0 Å². The van der Waals surface area contributed by atoms with Crippen LogP contribution in [0, 0.1) is 6.92 Å². The number of carbonyl (C=O) groups excluding carboxylic acids is 1. The molecule has 0 aliphatic carbocycles. The molecule has 2 rings (SSSR count). The van der Waals surface area contributed by atoms with Gasteiger partial charge in [0.05, 0.1) is 0 Å². The number of hydrogen-bond donors (Lipinski definition) is 1. The van der Waals surface area contributed by atoms with Crippen molar-refractivity contribution < 1.29 is 9.90 Å². The van der Waals surface area contributed by atoms with E-state index < -0.39 is 0 Å². The summed E-state index contributed by atoms with van der Waals surface area (Å²) in [7, 11) is 0. The maximum Gasteiger partial charge on any atom is 0.193 e. The van der Waals surface area contributed by atoms with E-state index >= 15 is 0 Å². The second kappa shape index (κ2) is 4.60. The zero-order chi connectivity index (χ0) is 12.4. The average Bonchev–Trinajstić information content (AvgIpc) is 2.29. The zero-order valence-corrected chi connectivity index (χ0v) is 10.0. The number of rotatable bonds is 2. The fraction of sp³-hybridized carbons (Fsp3) is 0.0714. The molecule has 0 radical (unpaired) electrons. The normalized spacial score (nSPS) is 10.2. The summed E-state index contributed by atoms with van der Waals surface area (Å²) in [4.78, 5) is 12.2. The third-order valence-electron chi connectivity index (χ3n) is 2.56. The lowest BCUT2D eigenvalue weighted by molar-refractivity contribution is 0.103. The summed E-state index contributed by atoms with van der Waals surface area (Å²) < 4.78 is 0. The fourth-order valence-corrected chi connectivity index (χ4v) is 1.88. The highest BCUT2D eigenvalue weighted by Crippen LogP contribution is 2.19. The van der Waals surface area contributed by atoms with Crippen LogP contribution in [0.5, 0.6) is 5.75 Å². The molecule has 2 aromatic rings. The van der Waals surface area contributed by atoms with E-state index in [0.717, 1.165) is 5.56 Å². The van der Waals surface area contributed by atoms with E-state index in [2.05, 4.69) is 0 Å². The van der Waals surface area contributed by atoms with E-state index in [1.807, 2.05) is 6.92 Å². The van der Waals surface area contributed by atoms with Gasteiger partial charge in [0, 0.05) is 16.1 Å². The van der Waals surface area contributed by atoms with E-state index in [0.29, 0.717) is 16.1 Å². The zero-order valence-electron chi connectivity index (χ0n) is 9.27. The summed E-state index contributed by atoms with van der Waals surface area (Å²) >= 11 is 5.84. The van der Waals surface area contributed by atoms with Crippen LogP contribution in [-0.4, -0.2) is 10.9 Å². The molecule has 0 aliphatic rings. The number of phenolic OH excluding ortho intramolecular Hbond substituents is 1. The number of halogens is 1. The first-order chi connectivity index (χ1) is 8.08. The smallest absolute Gasteiger partial charge is 0.193 e. The van der Waals surface area contributed by atoms with Crippen molar-refractivity contribution >= 4 is 17.4 Å². The van der Waals surface area contributed by atoms with Crippen molar-refractivity contribution in [2.24, 2.45) is 0 Å². The lowest BCUT2D eigenvalue weighted by Gasteiger charge is -2.05. The summed E-state index contributed by atoms with van der Waals surface area (Å²) in [6, 6.07) is 11.4. The van der Waals surface area contributed by atoms with E-state index in [1.54, 1.807) is 30.3 Å². The number of hydrogen-bond acceptors (Lipinski definition) is 2. The second-order valence-electron chi connectivity index (χ2n) is 3.84. The molecule has 0 atom stereocenters. The molecule has 0 saturated carbocycles. The second-order valence-corrected chi connectivity index (χ2v) is 4.27. The van der Waals surface area contributed by atoms with Crippen molar-refractivity contribution in [2.75, 3.05) is 0 Å². The molecule has 1 N–H and O–H groups in total. The van der Waals surface area contributed by atoms with Gasteiger partial charge in [-0.15, -0.1) is 0 Å². The lowest BCUT2D eigenvalue weighted by Crippen LogP contribution is -2.03. The van der Waals surface area contributed by atoms with Gasteiger partial charge in [-0.2, -0.15) is 0 Å². The molecule has 0 unspecified atom stereocenters. The highest BCUT2D eigenvalue weighted by Gasteiger charge is 2.11. The van der Waals surface area contributed by atoms with Gasteiger partial charge in [0.1, 0.15) is 5.75 Å². The predicted octanol–water partition coefficient (Wildman–Crippen LogP) is 3.59. The molecule has 0 fully saturated rings. The maximum atomic E-state index is 12.2. The molecule has 0 heterocycles. The van der Waals surface area contributed by atoms with E-state index in [9.17, 15) is 9.90 Å². The van der Waals surface area contributed by atoms with Crippen LogP contribution in [0.1, 0.15) is 21.5 Å². The van der Waals surface area contributed by atoms with E-state index in [1.165, 1.54) is 12.1 Å². The highest BCUT2D eigenvalue weighted by atomic mass is 35.5. The fourth-order valence-electron chi connectivity index (χ4n) is 1.65. The summed E-state index contributed by atoms with van der Waals surface area (Å²) in [5.74, 6) is 0.0774. The largest absolute Gasteiger partial charge is 0.508 e. The van der Waals surface area contributed by atoms with Crippen LogP contribution in [0.15, 0.2) is 42.5 Å². The van der Waals surface area contributed by atoms with Crippen LogP contribution >= 0.6 is 11.6 Å². The number of benzene rings is 2. The van der Waals surface area contributed by atoms with Crippen LogP contribution in [0.4, 0.5) is 0 Å². The molecule has 0 aromatic heterocycles. The van der Waals surface area contributed by atoms with Gasteiger partial charge >= 0.3 is 0 Å². The summed E-state index contributed by atoms with van der Waals surface area (Å²) in [6.07, 6.45) is 0. The average molecular weight is 247 g/mol. The van der Waals surface area contributed by atoms with Gasteiger partial charge in [-0.05, 0) is 55.0 Å². The Bertz CT molecular complexity index is 559. The van der Waals surface area contributed by atoms with E-state index in [-0.39, 0.29) is 11.5 Å². The van der Waals surface area contributed by atoms with Gasteiger partial charge in [0.2, 0.25) is 0 Å². The number of phenols is 1. The minimum Gasteiger partial charge on any atom is -0.508 e. The van der Waals surface area contributed by atoms with Crippen LogP contribution in [-0.2, 0) is 0 Å². The molecule has 2 nitrogen and oxygen atoms in total.